The summed E-state index contributed by atoms with van der Waals surface area (Å²) in [4.78, 5) is 24.1. The summed E-state index contributed by atoms with van der Waals surface area (Å²) in [6.07, 6.45) is 5.73. The third kappa shape index (κ3) is 3.50. The number of piperazine rings is 1. The highest BCUT2D eigenvalue weighted by molar-refractivity contribution is 5.80. The van der Waals surface area contributed by atoms with Gasteiger partial charge >= 0.3 is 0 Å². The predicted molar refractivity (Wildman–Crippen MR) is 111 cm³/mol. The molecule has 0 N–H and O–H groups in total. The van der Waals surface area contributed by atoms with Crippen LogP contribution in [0.5, 0.6) is 0 Å². The van der Waals surface area contributed by atoms with Gasteiger partial charge in [-0.15, -0.1) is 10.2 Å². The average molecular weight is 391 g/mol. The van der Waals surface area contributed by atoms with Gasteiger partial charge in [-0.2, -0.15) is 0 Å². The molecule has 0 spiro atoms. The Morgan fingerprint density at radius 2 is 1.79 bits per heavy atom. The smallest absolute Gasteiger partial charge is 0.231 e. The Balaban J connectivity index is 1.24. The number of anilines is 2. The van der Waals surface area contributed by atoms with Crippen LogP contribution in [0.1, 0.15) is 12.8 Å². The van der Waals surface area contributed by atoms with E-state index in [0.29, 0.717) is 6.54 Å². The fourth-order valence-corrected chi connectivity index (χ4v) is 4.36. The maximum Gasteiger partial charge on any atom is 0.231 e. The molecule has 0 radical (unpaired) electrons. The Bertz CT molecular complexity index is 981. The Kier molecular flexibility index (Phi) is 4.75. The second kappa shape index (κ2) is 7.69. The maximum atomic E-state index is 13.2. The van der Waals surface area contributed by atoms with Crippen molar-refractivity contribution in [2.24, 2.45) is 5.92 Å². The van der Waals surface area contributed by atoms with E-state index in [-0.39, 0.29) is 11.8 Å². The van der Waals surface area contributed by atoms with Gasteiger partial charge in [-0.3, -0.25) is 9.20 Å². The molecule has 8 nitrogen and oxygen atoms in total. The van der Waals surface area contributed by atoms with Crippen molar-refractivity contribution in [3.8, 4) is 0 Å². The van der Waals surface area contributed by atoms with Crippen LogP contribution in [0.25, 0.3) is 5.65 Å². The Morgan fingerprint density at radius 1 is 0.931 bits per heavy atom. The lowest BCUT2D eigenvalue weighted by atomic mass is 9.96. The maximum absolute atomic E-state index is 13.2. The minimum Gasteiger partial charge on any atom is -0.353 e. The molecule has 2 aliphatic rings. The number of hydrogen-bond acceptors (Lipinski definition) is 6. The second-order valence-corrected chi connectivity index (χ2v) is 7.71. The number of aromatic nitrogens is 4. The number of carbonyl (C=O) groups is 1. The van der Waals surface area contributed by atoms with Crippen LogP contribution in [-0.2, 0) is 4.79 Å². The first-order chi connectivity index (χ1) is 14.3. The number of carbonyl (C=O) groups excluding carboxylic acids is 1. The van der Waals surface area contributed by atoms with E-state index in [0.717, 1.165) is 63.0 Å². The van der Waals surface area contributed by atoms with Crippen LogP contribution < -0.4 is 9.80 Å². The van der Waals surface area contributed by atoms with Gasteiger partial charge in [-0.25, -0.2) is 4.98 Å². The highest BCUT2D eigenvalue weighted by Gasteiger charge is 2.32. The standard InChI is InChI=1S/C21H25N7O/c29-20(26-14-12-25(13-15-26)18-7-1-3-9-22-18)17-6-5-10-27(16-17)21-24-23-19-8-2-4-11-28(19)21/h1-4,7-9,11,17H,5-6,10,12-16H2/t17-/m1/s1. The molecule has 0 unspecified atom stereocenters. The first-order valence-electron chi connectivity index (χ1n) is 10.3. The minimum absolute atomic E-state index is 0.0150. The van der Waals surface area contributed by atoms with Crippen molar-refractivity contribution in [2.75, 3.05) is 49.1 Å². The third-order valence-corrected chi connectivity index (χ3v) is 5.91. The van der Waals surface area contributed by atoms with E-state index in [1.54, 1.807) is 0 Å². The summed E-state index contributed by atoms with van der Waals surface area (Å²) in [6.45, 7) is 4.77. The fraction of sp³-hybridized carbons (Fsp3) is 0.429. The van der Waals surface area contributed by atoms with E-state index < -0.39 is 0 Å². The Morgan fingerprint density at radius 3 is 2.62 bits per heavy atom. The number of nitrogens with zero attached hydrogens (tertiary/aromatic N) is 7. The lowest BCUT2D eigenvalue weighted by Crippen LogP contribution is -2.53. The van der Waals surface area contributed by atoms with Crippen LogP contribution in [0.3, 0.4) is 0 Å². The molecule has 0 aromatic carbocycles. The van der Waals surface area contributed by atoms with Crippen LogP contribution in [0.4, 0.5) is 11.8 Å². The molecule has 2 saturated heterocycles. The first-order valence-corrected chi connectivity index (χ1v) is 10.3. The molecule has 8 heteroatoms. The van der Waals surface area contributed by atoms with E-state index in [1.807, 2.05) is 58.1 Å². The Labute approximate surface area is 169 Å². The predicted octanol–water partition coefficient (Wildman–Crippen LogP) is 1.69. The van der Waals surface area contributed by atoms with Gasteiger partial charge in [0.05, 0.1) is 5.92 Å². The van der Waals surface area contributed by atoms with Crippen LogP contribution in [0, 0.1) is 5.92 Å². The van der Waals surface area contributed by atoms with Crippen molar-refractivity contribution >= 4 is 23.3 Å². The van der Waals surface area contributed by atoms with Crippen molar-refractivity contribution < 1.29 is 4.79 Å². The summed E-state index contributed by atoms with van der Waals surface area (Å²) in [6, 6.07) is 11.8. The van der Waals surface area contributed by atoms with Gasteiger partial charge in [-0.05, 0) is 37.1 Å². The van der Waals surface area contributed by atoms with E-state index in [4.69, 9.17) is 0 Å². The van der Waals surface area contributed by atoms with E-state index in [2.05, 4.69) is 25.0 Å². The van der Waals surface area contributed by atoms with E-state index in [9.17, 15) is 4.79 Å². The molecular formula is C21H25N7O. The number of rotatable bonds is 3. The van der Waals surface area contributed by atoms with Gasteiger partial charge in [0.15, 0.2) is 5.65 Å². The molecule has 3 aromatic heterocycles. The zero-order valence-corrected chi connectivity index (χ0v) is 16.4. The van der Waals surface area contributed by atoms with Gasteiger partial charge < -0.3 is 14.7 Å². The van der Waals surface area contributed by atoms with Crippen LogP contribution in [0.15, 0.2) is 48.8 Å². The van der Waals surface area contributed by atoms with Crippen molar-refractivity contribution in [1.82, 2.24) is 24.5 Å². The van der Waals surface area contributed by atoms with Crippen LogP contribution >= 0.6 is 0 Å². The topological polar surface area (TPSA) is 69.9 Å². The van der Waals surface area contributed by atoms with Gasteiger partial charge in [0, 0.05) is 51.7 Å². The summed E-state index contributed by atoms with van der Waals surface area (Å²) in [5.74, 6) is 2.10. The number of pyridine rings is 2. The zero-order valence-electron chi connectivity index (χ0n) is 16.4. The molecular weight excluding hydrogens is 366 g/mol. The zero-order chi connectivity index (χ0) is 19.6. The van der Waals surface area contributed by atoms with Crippen molar-refractivity contribution in [1.29, 1.82) is 0 Å². The number of amides is 1. The molecule has 0 aliphatic carbocycles. The fourth-order valence-electron chi connectivity index (χ4n) is 4.36. The summed E-state index contributed by atoms with van der Waals surface area (Å²) in [7, 11) is 0. The monoisotopic (exact) mass is 391 g/mol. The molecule has 0 saturated carbocycles. The molecule has 5 heterocycles. The third-order valence-electron chi connectivity index (χ3n) is 5.91. The van der Waals surface area contributed by atoms with Gasteiger partial charge in [-0.1, -0.05) is 12.1 Å². The Hall–Kier alpha value is -3.16. The molecule has 150 valence electrons. The molecule has 3 aromatic rings. The molecule has 1 atom stereocenters. The summed E-state index contributed by atoms with van der Waals surface area (Å²) in [5, 5.41) is 8.62. The van der Waals surface area contributed by atoms with Crippen LogP contribution in [0.2, 0.25) is 0 Å². The van der Waals surface area contributed by atoms with Crippen molar-refractivity contribution in [3.05, 3.63) is 48.8 Å². The average Bonchev–Trinajstić information content (AvgIpc) is 3.24. The van der Waals surface area contributed by atoms with Crippen LogP contribution in [-0.4, -0.2) is 69.7 Å². The largest absolute Gasteiger partial charge is 0.353 e. The molecule has 2 fully saturated rings. The van der Waals surface area contributed by atoms with Crippen molar-refractivity contribution in [2.45, 2.75) is 12.8 Å². The molecule has 2 aliphatic heterocycles. The quantitative estimate of drug-likeness (QED) is 0.677. The summed E-state index contributed by atoms with van der Waals surface area (Å²) >= 11 is 0. The van der Waals surface area contributed by atoms with E-state index >= 15 is 0 Å². The van der Waals surface area contributed by atoms with Crippen molar-refractivity contribution in [3.63, 3.8) is 0 Å². The highest BCUT2D eigenvalue weighted by atomic mass is 16.2. The molecule has 1 amide bonds. The normalized spacial score (nSPS) is 20.3. The first kappa shape index (κ1) is 17.9. The SMILES string of the molecule is O=C([C@@H]1CCCN(c2nnc3ccccn23)C1)N1CCN(c2ccccn2)CC1. The molecule has 0 bridgehead atoms. The lowest BCUT2D eigenvalue weighted by Gasteiger charge is -2.39. The summed E-state index contributed by atoms with van der Waals surface area (Å²) < 4.78 is 2.00. The molecule has 5 rings (SSSR count). The number of hydrogen-bond donors (Lipinski definition) is 0. The minimum atomic E-state index is 0.0150. The highest BCUT2D eigenvalue weighted by Crippen LogP contribution is 2.24. The van der Waals surface area contributed by atoms with Gasteiger partial charge in [0.2, 0.25) is 11.9 Å². The summed E-state index contributed by atoms with van der Waals surface area (Å²) in [5.41, 5.74) is 0.835. The lowest BCUT2D eigenvalue weighted by molar-refractivity contribution is -0.136. The van der Waals surface area contributed by atoms with Gasteiger partial charge in [0.25, 0.3) is 0 Å². The van der Waals surface area contributed by atoms with Gasteiger partial charge in [0.1, 0.15) is 5.82 Å². The number of piperidine rings is 1. The molecule has 29 heavy (non-hydrogen) atoms. The number of fused-ring (bicyclic) bond motifs is 1. The second-order valence-electron chi connectivity index (χ2n) is 7.71. The van der Waals surface area contributed by atoms with E-state index in [1.165, 1.54) is 0 Å².